The van der Waals surface area contributed by atoms with Crippen LogP contribution >= 0.6 is 0 Å². The minimum absolute atomic E-state index is 0.0169. The largest absolute Gasteiger partial charge is 0.356 e. The van der Waals surface area contributed by atoms with Crippen molar-refractivity contribution in [1.29, 1.82) is 0 Å². The summed E-state index contributed by atoms with van der Waals surface area (Å²) in [6.45, 7) is 5.35. The Morgan fingerprint density at radius 2 is 2.21 bits per heavy atom. The maximum atomic E-state index is 11.1. The third-order valence-electron chi connectivity index (χ3n) is 3.51. The second-order valence-corrected chi connectivity index (χ2v) is 5.17. The Morgan fingerprint density at radius 1 is 1.53 bits per heavy atom. The number of nitrogens with zero attached hydrogens (tertiary/aromatic N) is 2. The van der Waals surface area contributed by atoms with Gasteiger partial charge in [0.25, 0.3) is 0 Å². The lowest BCUT2D eigenvalue weighted by molar-refractivity contribution is -0.119. The van der Waals surface area contributed by atoms with Gasteiger partial charge in [-0.25, -0.2) is 4.98 Å². The van der Waals surface area contributed by atoms with Crippen LogP contribution in [0.5, 0.6) is 0 Å². The minimum Gasteiger partial charge on any atom is -0.356 e. The number of anilines is 1. The molecular formula is C14H22N4O. The van der Waals surface area contributed by atoms with Crippen LogP contribution in [0.25, 0.3) is 0 Å². The van der Waals surface area contributed by atoms with Gasteiger partial charge in [0.15, 0.2) is 0 Å². The summed E-state index contributed by atoms with van der Waals surface area (Å²) in [5, 5.41) is 2.98. The molecule has 0 saturated carbocycles. The van der Waals surface area contributed by atoms with E-state index >= 15 is 0 Å². The Balaban J connectivity index is 2.03. The van der Waals surface area contributed by atoms with E-state index < -0.39 is 0 Å². The molecule has 0 unspecified atom stereocenters. The zero-order valence-corrected chi connectivity index (χ0v) is 11.6. The van der Waals surface area contributed by atoms with Gasteiger partial charge in [-0.1, -0.05) is 6.07 Å². The first kappa shape index (κ1) is 13.8. The van der Waals surface area contributed by atoms with Crippen molar-refractivity contribution in [1.82, 2.24) is 10.3 Å². The maximum Gasteiger partial charge on any atom is 0.217 e. The first-order valence-corrected chi connectivity index (χ1v) is 6.80. The number of carbonyl (C=O) groups is 1. The van der Waals surface area contributed by atoms with Gasteiger partial charge < -0.3 is 16.0 Å². The molecular weight excluding hydrogens is 240 g/mol. The molecule has 19 heavy (non-hydrogen) atoms. The third-order valence-corrected chi connectivity index (χ3v) is 3.51. The number of hydrogen-bond acceptors (Lipinski definition) is 4. The third kappa shape index (κ3) is 3.44. The molecule has 2 rings (SSSR count). The quantitative estimate of drug-likeness (QED) is 0.859. The number of pyridine rings is 1. The summed E-state index contributed by atoms with van der Waals surface area (Å²) in [7, 11) is 0. The van der Waals surface area contributed by atoms with Gasteiger partial charge in [0.2, 0.25) is 5.91 Å². The molecule has 1 aromatic rings. The summed E-state index contributed by atoms with van der Waals surface area (Å²) in [6, 6.07) is 4.23. The molecule has 0 aromatic carbocycles. The van der Waals surface area contributed by atoms with Crippen molar-refractivity contribution in [3.05, 3.63) is 23.9 Å². The second kappa shape index (κ2) is 6.02. The average molecular weight is 262 g/mol. The molecule has 0 radical (unpaired) electrons. The van der Waals surface area contributed by atoms with E-state index in [1.807, 2.05) is 19.1 Å². The van der Waals surface area contributed by atoms with Crippen LogP contribution in [0.15, 0.2) is 18.3 Å². The van der Waals surface area contributed by atoms with Crippen LogP contribution < -0.4 is 16.0 Å². The normalized spacial score (nSPS) is 18.2. The van der Waals surface area contributed by atoms with Crippen LogP contribution in [-0.2, 0) is 4.79 Å². The van der Waals surface area contributed by atoms with Crippen molar-refractivity contribution in [2.75, 3.05) is 18.0 Å². The standard InChI is InChI=1S/C14H22N4O/c1-10(15)13-4-3-7-16-14(13)18-8-5-12(6-9-18)17-11(2)19/h3-4,7,10,12H,5-6,8-9,15H2,1-2H3,(H,17,19)/t10-/m0/s1. The summed E-state index contributed by atoms with van der Waals surface area (Å²) in [5.41, 5.74) is 7.07. The number of aromatic nitrogens is 1. The Labute approximate surface area is 114 Å². The minimum atomic E-state index is -0.0169. The molecule has 3 N–H and O–H groups in total. The number of rotatable bonds is 3. The van der Waals surface area contributed by atoms with Crippen LogP contribution in [-0.4, -0.2) is 30.0 Å². The molecule has 0 bridgehead atoms. The predicted octanol–water partition coefficient (Wildman–Crippen LogP) is 1.21. The molecule has 0 spiro atoms. The Kier molecular flexibility index (Phi) is 4.37. The summed E-state index contributed by atoms with van der Waals surface area (Å²) in [4.78, 5) is 17.8. The summed E-state index contributed by atoms with van der Waals surface area (Å²) in [5.74, 6) is 1.03. The van der Waals surface area contributed by atoms with Crippen molar-refractivity contribution < 1.29 is 4.79 Å². The van der Waals surface area contributed by atoms with Crippen molar-refractivity contribution in [3.63, 3.8) is 0 Å². The highest BCUT2D eigenvalue weighted by molar-refractivity contribution is 5.73. The molecule has 0 aliphatic carbocycles. The van der Waals surface area contributed by atoms with E-state index in [1.54, 1.807) is 13.1 Å². The molecule has 2 heterocycles. The molecule has 1 fully saturated rings. The highest BCUT2D eigenvalue weighted by Crippen LogP contribution is 2.25. The van der Waals surface area contributed by atoms with Gasteiger partial charge in [0.05, 0.1) is 0 Å². The molecule has 1 amide bonds. The predicted molar refractivity (Wildman–Crippen MR) is 75.9 cm³/mol. The van der Waals surface area contributed by atoms with Crippen LogP contribution in [0.1, 0.15) is 38.3 Å². The SMILES string of the molecule is CC(=O)NC1CCN(c2ncccc2[C@H](C)N)CC1. The van der Waals surface area contributed by atoms with Gasteiger partial charge in [-0.2, -0.15) is 0 Å². The monoisotopic (exact) mass is 262 g/mol. The van der Waals surface area contributed by atoms with Crippen LogP contribution in [0, 0.1) is 0 Å². The number of nitrogens with one attached hydrogen (secondary N) is 1. The maximum absolute atomic E-state index is 11.1. The molecule has 5 heteroatoms. The number of nitrogens with two attached hydrogens (primary N) is 1. The van der Waals surface area contributed by atoms with E-state index in [1.165, 1.54) is 0 Å². The number of piperidine rings is 1. The highest BCUT2D eigenvalue weighted by atomic mass is 16.1. The Bertz CT molecular complexity index is 439. The van der Waals surface area contributed by atoms with Gasteiger partial charge in [-0.05, 0) is 25.8 Å². The molecule has 1 aliphatic heterocycles. The van der Waals surface area contributed by atoms with Gasteiger partial charge in [0.1, 0.15) is 5.82 Å². The zero-order chi connectivity index (χ0) is 13.8. The van der Waals surface area contributed by atoms with Crippen LogP contribution in [0.3, 0.4) is 0 Å². The molecule has 1 aliphatic rings. The first-order chi connectivity index (χ1) is 9.08. The molecule has 1 atom stereocenters. The van der Waals surface area contributed by atoms with Crippen molar-refractivity contribution in [2.24, 2.45) is 5.73 Å². The van der Waals surface area contributed by atoms with Crippen LogP contribution in [0.4, 0.5) is 5.82 Å². The summed E-state index contributed by atoms with van der Waals surface area (Å²) < 4.78 is 0. The van der Waals surface area contributed by atoms with Gasteiger partial charge in [0, 0.05) is 43.9 Å². The fraction of sp³-hybridized carbons (Fsp3) is 0.571. The second-order valence-electron chi connectivity index (χ2n) is 5.17. The zero-order valence-electron chi connectivity index (χ0n) is 11.6. The molecule has 1 aromatic heterocycles. The number of hydrogen-bond donors (Lipinski definition) is 2. The topological polar surface area (TPSA) is 71.2 Å². The summed E-state index contributed by atoms with van der Waals surface area (Å²) >= 11 is 0. The van der Waals surface area contributed by atoms with Crippen LogP contribution in [0.2, 0.25) is 0 Å². The fourth-order valence-electron chi connectivity index (χ4n) is 2.55. The number of amides is 1. The van der Waals surface area contributed by atoms with E-state index in [0.717, 1.165) is 37.3 Å². The average Bonchev–Trinajstić information content (AvgIpc) is 2.39. The summed E-state index contributed by atoms with van der Waals surface area (Å²) in [6.07, 6.45) is 3.71. The van der Waals surface area contributed by atoms with E-state index in [-0.39, 0.29) is 18.0 Å². The van der Waals surface area contributed by atoms with E-state index in [9.17, 15) is 4.79 Å². The van der Waals surface area contributed by atoms with Gasteiger partial charge >= 0.3 is 0 Å². The van der Waals surface area contributed by atoms with Crippen molar-refractivity contribution in [3.8, 4) is 0 Å². The Hall–Kier alpha value is -1.62. The van der Waals surface area contributed by atoms with Crippen molar-refractivity contribution in [2.45, 2.75) is 38.8 Å². The Morgan fingerprint density at radius 3 is 2.79 bits per heavy atom. The van der Waals surface area contributed by atoms with Gasteiger partial charge in [-0.15, -0.1) is 0 Å². The highest BCUT2D eigenvalue weighted by Gasteiger charge is 2.22. The lowest BCUT2D eigenvalue weighted by Crippen LogP contribution is -2.44. The smallest absolute Gasteiger partial charge is 0.217 e. The van der Waals surface area contributed by atoms with E-state index in [4.69, 9.17) is 5.73 Å². The molecule has 5 nitrogen and oxygen atoms in total. The first-order valence-electron chi connectivity index (χ1n) is 6.80. The fourth-order valence-corrected chi connectivity index (χ4v) is 2.55. The van der Waals surface area contributed by atoms with E-state index in [2.05, 4.69) is 15.2 Å². The lowest BCUT2D eigenvalue weighted by atomic mass is 10.0. The van der Waals surface area contributed by atoms with E-state index in [0.29, 0.717) is 0 Å². The lowest BCUT2D eigenvalue weighted by Gasteiger charge is -2.34. The molecule has 1 saturated heterocycles. The van der Waals surface area contributed by atoms with Crippen molar-refractivity contribution >= 4 is 11.7 Å². The molecule has 104 valence electrons. The number of carbonyl (C=O) groups excluding carboxylic acids is 1. The van der Waals surface area contributed by atoms with Gasteiger partial charge in [-0.3, -0.25) is 4.79 Å².